The van der Waals surface area contributed by atoms with Gasteiger partial charge in [0.2, 0.25) is 0 Å². The van der Waals surface area contributed by atoms with Crippen LogP contribution in [0.15, 0.2) is 47.5 Å². The predicted octanol–water partition coefficient (Wildman–Crippen LogP) is 3.14. The zero-order valence-corrected chi connectivity index (χ0v) is 17.0. The fourth-order valence-electron chi connectivity index (χ4n) is 4.06. The number of hydrogen-bond donors (Lipinski definition) is 2. The van der Waals surface area contributed by atoms with E-state index < -0.39 is 0 Å². The van der Waals surface area contributed by atoms with Crippen molar-refractivity contribution in [1.29, 1.82) is 0 Å². The number of nitrogens with zero attached hydrogens (tertiary/aromatic N) is 2. The van der Waals surface area contributed by atoms with Crippen molar-refractivity contribution in [2.45, 2.75) is 31.7 Å². The number of fused-ring (bicyclic) bond motifs is 1. The molecule has 0 bridgehead atoms. The molecule has 0 radical (unpaired) electrons. The minimum Gasteiger partial charge on any atom is -0.493 e. The van der Waals surface area contributed by atoms with Gasteiger partial charge in [0, 0.05) is 44.8 Å². The molecule has 1 fully saturated rings. The van der Waals surface area contributed by atoms with Crippen molar-refractivity contribution in [3.8, 4) is 5.75 Å². The Morgan fingerprint density at radius 2 is 2.07 bits per heavy atom. The number of guanidine groups is 1. The van der Waals surface area contributed by atoms with Crippen LogP contribution in [0, 0.1) is 5.82 Å². The first-order chi connectivity index (χ1) is 14.2. The molecule has 4 rings (SSSR count). The summed E-state index contributed by atoms with van der Waals surface area (Å²) in [6.07, 6.45) is 3.96. The third-order valence-electron chi connectivity index (χ3n) is 5.69. The molecule has 0 unspecified atom stereocenters. The monoisotopic (exact) mass is 396 g/mol. The van der Waals surface area contributed by atoms with Crippen molar-refractivity contribution >= 4 is 11.6 Å². The van der Waals surface area contributed by atoms with Gasteiger partial charge in [-0.05, 0) is 54.7 Å². The molecular formula is C23H29FN4O. The summed E-state index contributed by atoms with van der Waals surface area (Å²) in [7, 11) is 1.81. The van der Waals surface area contributed by atoms with Gasteiger partial charge in [-0.2, -0.15) is 0 Å². The average molecular weight is 397 g/mol. The molecule has 6 heteroatoms. The van der Waals surface area contributed by atoms with E-state index in [4.69, 9.17) is 4.74 Å². The van der Waals surface area contributed by atoms with Crippen LogP contribution in [0.5, 0.6) is 5.75 Å². The normalized spacial score (nSPS) is 17.0. The topological polar surface area (TPSA) is 48.9 Å². The number of hydrogen-bond acceptors (Lipinski definition) is 3. The van der Waals surface area contributed by atoms with Crippen LogP contribution in [0.25, 0.3) is 0 Å². The van der Waals surface area contributed by atoms with Crippen molar-refractivity contribution in [2.75, 3.05) is 38.2 Å². The highest BCUT2D eigenvalue weighted by Crippen LogP contribution is 2.26. The first-order valence-electron chi connectivity index (χ1n) is 10.4. The third kappa shape index (κ3) is 5.00. The Labute approximate surface area is 172 Å². The maximum Gasteiger partial charge on any atom is 0.191 e. The maximum atomic E-state index is 13.5. The van der Waals surface area contributed by atoms with Crippen LogP contribution in [-0.4, -0.2) is 45.3 Å². The van der Waals surface area contributed by atoms with Gasteiger partial charge in [-0.15, -0.1) is 0 Å². The van der Waals surface area contributed by atoms with Gasteiger partial charge in [0.1, 0.15) is 11.6 Å². The molecule has 0 spiro atoms. The maximum absolute atomic E-state index is 13.5. The number of aliphatic imine (C=N–C) groups is 1. The van der Waals surface area contributed by atoms with E-state index in [-0.39, 0.29) is 5.82 Å². The van der Waals surface area contributed by atoms with Crippen LogP contribution in [0.2, 0.25) is 0 Å². The van der Waals surface area contributed by atoms with Gasteiger partial charge in [-0.25, -0.2) is 4.39 Å². The van der Waals surface area contributed by atoms with E-state index in [2.05, 4.69) is 38.7 Å². The summed E-state index contributed by atoms with van der Waals surface area (Å²) < 4.78 is 19.0. The van der Waals surface area contributed by atoms with E-state index in [0.29, 0.717) is 6.04 Å². The van der Waals surface area contributed by atoms with Gasteiger partial charge < -0.3 is 20.3 Å². The van der Waals surface area contributed by atoms with E-state index >= 15 is 0 Å². The van der Waals surface area contributed by atoms with Gasteiger partial charge in [0.15, 0.2) is 5.96 Å². The highest BCUT2D eigenvalue weighted by molar-refractivity contribution is 5.80. The first kappa shape index (κ1) is 19.6. The summed E-state index contributed by atoms with van der Waals surface area (Å²) in [4.78, 5) is 6.62. The van der Waals surface area contributed by atoms with E-state index in [1.54, 1.807) is 12.1 Å². The molecule has 2 aliphatic rings. The molecule has 2 aliphatic heterocycles. The summed E-state index contributed by atoms with van der Waals surface area (Å²) in [5, 5.41) is 6.96. The average Bonchev–Trinajstić information content (AvgIpc) is 3.21. The second kappa shape index (κ2) is 9.16. The Kier molecular flexibility index (Phi) is 6.17. The zero-order valence-electron chi connectivity index (χ0n) is 17.0. The quantitative estimate of drug-likeness (QED) is 0.602. The highest BCUT2D eigenvalue weighted by Gasteiger charge is 2.20. The second-order valence-corrected chi connectivity index (χ2v) is 7.68. The number of anilines is 1. The lowest BCUT2D eigenvalue weighted by Gasteiger charge is -2.34. The van der Waals surface area contributed by atoms with Crippen LogP contribution in [-0.2, 0) is 12.8 Å². The van der Waals surface area contributed by atoms with E-state index in [1.807, 2.05) is 13.1 Å². The van der Waals surface area contributed by atoms with Gasteiger partial charge in [0.25, 0.3) is 0 Å². The van der Waals surface area contributed by atoms with Crippen LogP contribution >= 0.6 is 0 Å². The number of piperidine rings is 1. The van der Waals surface area contributed by atoms with Gasteiger partial charge in [-0.1, -0.05) is 18.2 Å². The lowest BCUT2D eigenvalue weighted by Crippen LogP contribution is -2.49. The van der Waals surface area contributed by atoms with Gasteiger partial charge in [0.05, 0.1) is 6.61 Å². The highest BCUT2D eigenvalue weighted by atomic mass is 19.1. The van der Waals surface area contributed by atoms with E-state index in [9.17, 15) is 4.39 Å². The van der Waals surface area contributed by atoms with Crippen LogP contribution in [0.4, 0.5) is 10.1 Å². The standard InChI is InChI=1S/C23H29FN4O/c1-25-23(26-11-7-17-5-6-22-18(15-17)10-14-29-22)27-20-8-12-28(13-9-20)21-4-2-3-19(24)16-21/h2-6,15-16,20H,7-14H2,1H3,(H2,25,26,27). The molecule has 2 heterocycles. The van der Waals surface area contributed by atoms with Crippen molar-refractivity contribution in [3.05, 3.63) is 59.4 Å². The minimum absolute atomic E-state index is 0.178. The summed E-state index contributed by atoms with van der Waals surface area (Å²) >= 11 is 0. The number of rotatable bonds is 5. The molecule has 0 saturated carbocycles. The molecule has 5 nitrogen and oxygen atoms in total. The summed E-state index contributed by atoms with van der Waals surface area (Å²) in [6, 6.07) is 13.7. The fourth-order valence-corrected chi connectivity index (χ4v) is 4.06. The molecule has 0 atom stereocenters. The van der Waals surface area contributed by atoms with Crippen molar-refractivity contribution in [3.63, 3.8) is 0 Å². The third-order valence-corrected chi connectivity index (χ3v) is 5.69. The number of halogens is 1. The SMILES string of the molecule is CN=C(NCCc1ccc2c(c1)CCO2)NC1CCN(c2cccc(F)c2)CC1. The van der Waals surface area contributed by atoms with E-state index in [0.717, 1.165) is 69.3 Å². The molecule has 0 aliphatic carbocycles. The van der Waals surface area contributed by atoms with Crippen LogP contribution in [0.3, 0.4) is 0 Å². The lowest BCUT2D eigenvalue weighted by atomic mass is 10.0. The second-order valence-electron chi connectivity index (χ2n) is 7.68. The zero-order chi connectivity index (χ0) is 20.1. The number of nitrogens with one attached hydrogen (secondary N) is 2. The summed E-state index contributed by atoms with van der Waals surface area (Å²) in [5.41, 5.74) is 3.60. The molecule has 154 valence electrons. The Balaban J connectivity index is 1.22. The van der Waals surface area contributed by atoms with Gasteiger partial charge >= 0.3 is 0 Å². The molecule has 2 aromatic rings. The Morgan fingerprint density at radius 1 is 1.21 bits per heavy atom. The molecule has 0 aromatic heterocycles. The fraction of sp³-hybridized carbons (Fsp3) is 0.435. The Morgan fingerprint density at radius 3 is 2.86 bits per heavy atom. The molecule has 29 heavy (non-hydrogen) atoms. The minimum atomic E-state index is -0.178. The summed E-state index contributed by atoms with van der Waals surface area (Å²) in [5.74, 6) is 1.70. The first-order valence-corrected chi connectivity index (χ1v) is 10.4. The largest absolute Gasteiger partial charge is 0.493 e. The van der Waals surface area contributed by atoms with Crippen molar-refractivity contribution < 1.29 is 9.13 Å². The van der Waals surface area contributed by atoms with E-state index in [1.165, 1.54) is 17.2 Å². The summed E-state index contributed by atoms with van der Waals surface area (Å²) in [6.45, 7) is 3.46. The van der Waals surface area contributed by atoms with Crippen molar-refractivity contribution in [2.24, 2.45) is 4.99 Å². The van der Waals surface area contributed by atoms with Crippen molar-refractivity contribution in [1.82, 2.24) is 10.6 Å². The number of benzene rings is 2. The molecule has 0 amide bonds. The molecule has 1 saturated heterocycles. The van der Waals surface area contributed by atoms with Gasteiger partial charge in [-0.3, -0.25) is 4.99 Å². The number of ether oxygens (including phenoxy) is 1. The smallest absolute Gasteiger partial charge is 0.191 e. The Hall–Kier alpha value is -2.76. The lowest BCUT2D eigenvalue weighted by molar-refractivity contribution is 0.357. The van der Waals surface area contributed by atoms with Crippen LogP contribution < -0.4 is 20.3 Å². The molecule has 2 aromatic carbocycles. The predicted molar refractivity (Wildman–Crippen MR) is 115 cm³/mol. The van der Waals surface area contributed by atoms with Crippen LogP contribution in [0.1, 0.15) is 24.0 Å². The molecule has 2 N–H and O–H groups in total. The molecular weight excluding hydrogens is 367 g/mol. The Bertz CT molecular complexity index is 862.